The minimum atomic E-state index is 0.670. The van der Waals surface area contributed by atoms with Gasteiger partial charge in [0.05, 0.1) is 11.3 Å². The van der Waals surface area contributed by atoms with E-state index in [0.717, 1.165) is 32.4 Å². The molecule has 0 aliphatic carbocycles. The van der Waals surface area contributed by atoms with E-state index in [0.29, 0.717) is 5.89 Å². The standard InChI is InChI=1S/C12H12BrIN2O/c1-2-15-6-9-7-17-12(16-9)10-5-8(13)3-4-11(10)14/h3-5,7,15H,2,6H2,1H3. The Morgan fingerprint density at radius 3 is 3.06 bits per heavy atom. The van der Waals surface area contributed by atoms with Crippen LogP contribution in [0, 0.1) is 3.57 Å². The van der Waals surface area contributed by atoms with Crippen LogP contribution in [-0.2, 0) is 6.54 Å². The van der Waals surface area contributed by atoms with Crippen molar-refractivity contribution >= 4 is 38.5 Å². The Bertz CT molecular complexity index is 513. The van der Waals surface area contributed by atoms with Gasteiger partial charge in [0.2, 0.25) is 5.89 Å². The van der Waals surface area contributed by atoms with E-state index in [2.05, 4.69) is 55.7 Å². The number of halogens is 2. The molecule has 17 heavy (non-hydrogen) atoms. The highest BCUT2D eigenvalue weighted by atomic mass is 127. The second-order valence-corrected chi connectivity index (χ2v) is 5.63. The van der Waals surface area contributed by atoms with Gasteiger partial charge in [0.1, 0.15) is 6.26 Å². The lowest BCUT2D eigenvalue weighted by Gasteiger charge is -2.00. The minimum Gasteiger partial charge on any atom is -0.444 e. The molecule has 0 aliphatic rings. The number of benzene rings is 1. The molecule has 0 saturated carbocycles. The van der Waals surface area contributed by atoms with Crippen LogP contribution in [0.4, 0.5) is 0 Å². The Kier molecular flexibility index (Phi) is 4.58. The maximum atomic E-state index is 5.51. The Morgan fingerprint density at radius 2 is 2.29 bits per heavy atom. The molecule has 0 aliphatic heterocycles. The number of nitrogens with one attached hydrogen (secondary N) is 1. The highest BCUT2D eigenvalue weighted by molar-refractivity contribution is 14.1. The van der Waals surface area contributed by atoms with Gasteiger partial charge in [-0.3, -0.25) is 0 Å². The molecule has 0 amide bonds. The number of nitrogens with zero attached hydrogens (tertiary/aromatic N) is 1. The van der Waals surface area contributed by atoms with Crippen LogP contribution in [0.5, 0.6) is 0 Å². The molecule has 2 rings (SSSR count). The first-order valence-corrected chi connectivity index (χ1v) is 7.18. The third-order valence-corrected chi connectivity index (χ3v) is 3.70. The van der Waals surface area contributed by atoms with Crippen molar-refractivity contribution in [2.45, 2.75) is 13.5 Å². The van der Waals surface area contributed by atoms with Gasteiger partial charge in [0.25, 0.3) is 0 Å². The summed E-state index contributed by atoms with van der Waals surface area (Å²) < 4.78 is 7.66. The van der Waals surface area contributed by atoms with E-state index in [1.807, 2.05) is 18.2 Å². The van der Waals surface area contributed by atoms with Gasteiger partial charge in [-0.1, -0.05) is 22.9 Å². The topological polar surface area (TPSA) is 38.1 Å². The first-order chi connectivity index (χ1) is 8.20. The lowest BCUT2D eigenvalue weighted by molar-refractivity contribution is 0.570. The Morgan fingerprint density at radius 1 is 1.47 bits per heavy atom. The van der Waals surface area contributed by atoms with Gasteiger partial charge in [-0.05, 0) is 47.3 Å². The van der Waals surface area contributed by atoms with Crippen LogP contribution in [-0.4, -0.2) is 11.5 Å². The van der Waals surface area contributed by atoms with Gasteiger partial charge in [-0.2, -0.15) is 0 Å². The van der Waals surface area contributed by atoms with Crippen LogP contribution in [0.2, 0.25) is 0 Å². The van der Waals surface area contributed by atoms with Crippen LogP contribution >= 0.6 is 38.5 Å². The van der Waals surface area contributed by atoms with Crippen molar-refractivity contribution < 1.29 is 4.42 Å². The van der Waals surface area contributed by atoms with Crippen molar-refractivity contribution in [3.05, 3.63) is 38.2 Å². The number of hydrogen-bond acceptors (Lipinski definition) is 3. The largest absolute Gasteiger partial charge is 0.444 e. The molecule has 1 aromatic heterocycles. The van der Waals surface area contributed by atoms with Gasteiger partial charge in [-0.25, -0.2) is 4.98 Å². The van der Waals surface area contributed by atoms with E-state index in [-0.39, 0.29) is 0 Å². The summed E-state index contributed by atoms with van der Waals surface area (Å²) in [5.74, 6) is 0.670. The maximum absolute atomic E-state index is 5.51. The van der Waals surface area contributed by atoms with E-state index in [9.17, 15) is 0 Å². The zero-order valence-electron chi connectivity index (χ0n) is 9.34. The molecule has 0 saturated heterocycles. The molecule has 0 unspecified atom stereocenters. The van der Waals surface area contributed by atoms with E-state index in [1.54, 1.807) is 6.26 Å². The second kappa shape index (κ2) is 5.97. The third kappa shape index (κ3) is 3.29. The summed E-state index contributed by atoms with van der Waals surface area (Å²) in [7, 11) is 0. The van der Waals surface area contributed by atoms with Gasteiger partial charge in [-0.15, -0.1) is 0 Å². The highest BCUT2D eigenvalue weighted by Crippen LogP contribution is 2.27. The number of hydrogen-bond donors (Lipinski definition) is 1. The molecule has 0 bridgehead atoms. The lowest BCUT2D eigenvalue weighted by atomic mass is 10.2. The highest BCUT2D eigenvalue weighted by Gasteiger charge is 2.10. The van der Waals surface area contributed by atoms with Crippen molar-refractivity contribution in [1.82, 2.24) is 10.3 Å². The van der Waals surface area contributed by atoms with E-state index >= 15 is 0 Å². The molecule has 0 atom stereocenters. The summed E-state index contributed by atoms with van der Waals surface area (Å²) >= 11 is 5.74. The van der Waals surface area contributed by atoms with E-state index < -0.39 is 0 Å². The summed E-state index contributed by atoms with van der Waals surface area (Å²) in [6.45, 7) is 3.74. The monoisotopic (exact) mass is 406 g/mol. The molecular formula is C12H12BrIN2O. The molecule has 0 radical (unpaired) electrons. The summed E-state index contributed by atoms with van der Waals surface area (Å²) in [4.78, 5) is 4.47. The molecule has 1 heterocycles. The van der Waals surface area contributed by atoms with E-state index in [4.69, 9.17) is 4.42 Å². The zero-order chi connectivity index (χ0) is 12.3. The first-order valence-electron chi connectivity index (χ1n) is 5.31. The zero-order valence-corrected chi connectivity index (χ0v) is 13.1. The quantitative estimate of drug-likeness (QED) is 0.784. The Hall–Kier alpha value is -0.400. The third-order valence-electron chi connectivity index (χ3n) is 2.27. The second-order valence-electron chi connectivity index (χ2n) is 3.55. The Balaban J connectivity index is 2.27. The van der Waals surface area contributed by atoms with Crippen LogP contribution in [0.15, 0.2) is 33.4 Å². The molecular weight excluding hydrogens is 395 g/mol. The van der Waals surface area contributed by atoms with Gasteiger partial charge >= 0.3 is 0 Å². The predicted octanol–water partition coefficient (Wildman–Crippen LogP) is 3.82. The van der Waals surface area contributed by atoms with Gasteiger partial charge < -0.3 is 9.73 Å². The van der Waals surface area contributed by atoms with Crippen molar-refractivity contribution in [3.63, 3.8) is 0 Å². The summed E-state index contributed by atoms with van der Waals surface area (Å²) in [5.41, 5.74) is 1.94. The molecule has 0 spiro atoms. The van der Waals surface area contributed by atoms with Crippen molar-refractivity contribution in [1.29, 1.82) is 0 Å². The van der Waals surface area contributed by atoms with Crippen molar-refractivity contribution in [2.75, 3.05) is 6.54 Å². The van der Waals surface area contributed by atoms with Crippen LogP contribution < -0.4 is 5.32 Å². The minimum absolute atomic E-state index is 0.670. The number of rotatable bonds is 4. The molecule has 2 aromatic rings. The first kappa shape index (κ1) is 13.0. The van der Waals surface area contributed by atoms with Crippen LogP contribution in [0.3, 0.4) is 0 Å². The fourth-order valence-electron chi connectivity index (χ4n) is 1.43. The van der Waals surface area contributed by atoms with Gasteiger partial charge in [0, 0.05) is 14.6 Å². The molecule has 0 fully saturated rings. The number of aromatic nitrogens is 1. The van der Waals surface area contributed by atoms with Crippen molar-refractivity contribution in [2.24, 2.45) is 0 Å². The van der Waals surface area contributed by atoms with Crippen LogP contribution in [0.1, 0.15) is 12.6 Å². The van der Waals surface area contributed by atoms with E-state index in [1.165, 1.54) is 0 Å². The fourth-order valence-corrected chi connectivity index (χ4v) is 2.35. The predicted molar refractivity (Wildman–Crippen MR) is 79.7 cm³/mol. The Labute approximate surface area is 122 Å². The van der Waals surface area contributed by atoms with Gasteiger partial charge in [0.15, 0.2) is 0 Å². The van der Waals surface area contributed by atoms with Crippen molar-refractivity contribution in [3.8, 4) is 11.5 Å². The average molecular weight is 407 g/mol. The smallest absolute Gasteiger partial charge is 0.227 e. The fraction of sp³-hybridized carbons (Fsp3) is 0.250. The normalized spacial score (nSPS) is 10.8. The average Bonchev–Trinajstić information content (AvgIpc) is 2.78. The summed E-state index contributed by atoms with van der Waals surface area (Å²) in [6, 6.07) is 6.06. The molecule has 5 heteroatoms. The molecule has 3 nitrogen and oxygen atoms in total. The molecule has 1 N–H and O–H groups in total. The summed E-state index contributed by atoms with van der Waals surface area (Å²) in [5, 5.41) is 3.22. The number of oxazole rings is 1. The van der Waals surface area contributed by atoms with Crippen LogP contribution in [0.25, 0.3) is 11.5 Å². The molecule has 1 aromatic carbocycles. The maximum Gasteiger partial charge on any atom is 0.227 e. The SMILES string of the molecule is CCNCc1coc(-c2cc(Br)ccc2I)n1. The lowest BCUT2D eigenvalue weighted by Crippen LogP contribution is -2.11. The molecule has 90 valence electrons. The summed E-state index contributed by atoms with van der Waals surface area (Å²) in [6.07, 6.45) is 1.70.